The fourth-order valence-corrected chi connectivity index (χ4v) is 1.97. The van der Waals surface area contributed by atoms with Crippen LogP contribution in [0, 0.1) is 10.1 Å². The lowest BCUT2D eigenvalue weighted by molar-refractivity contribution is -0.384. The van der Waals surface area contributed by atoms with Gasteiger partial charge in [-0.25, -0.2) is 0 Å². The van der Waals surface area contributed by atoms with Crippen molar-refractivity contribution >= 4 is 11.5 Å². The van der Waals surface area contributed by atoms with Crippen molar-refractivity contribution in [2.75, 3.05) is 25.1 Å². The lowest BCUT2D eigenvalue weighted by atomic mass is 10.2. The van der Waals surface area contributed by atoms with Crippen molar-refractivity contribution in [1.82, 2.24) is 4.98 Å². The molecule has 1 aromatic rings. The summed E-state index contributed by atoms with van der Waals surface area (Å²) in [4.78, 5) is 14.7. The number of nitrogens with zero attached hydrogens (tertiary/aromatic N) is 2. The molecule has 2 heterocycles. The maximum atomic E-state index is 10.9. The summed E-state index contributed by atoms with van der Waals surface area (Å²) in [6.45, 7) is 3.85. The zero-order valence-electron chi connectivity index (χ0n) is 11.5. The predicted octanol–water partition coefficient (Wildman–Crippen LogP) is 2.37. The van der Waals surface area contributed by atoms with E-state index in [1.54, 1.807) is 0 Å². The molecule has 1 aliphatic heterocycles. The normalized spacial score (nSPS) is 17.9. The van der Waals surface area contributed by atoms with Crippen molar-refractivity contribution < 1.29 is 14.4 Å². The van der Waals surface area contributed by atoms with E-state index in [9.17, 15) is 10.1 Å². The van der Waals surface area contributed by atoms with E-state index in [0.29, 0.717) is 19.0 Å². The molecule has 1 aromatic heterocycles. The lowest BCUT2D eigenvalue weighted by Crippen LogP contribution is -2.17. The summed E-state index contributed by atoms with van der Waals surface area (Å²) in [5.74, 6) is 0.719. The molecule has 20 heavy (non-hydrogen) atoms. The number of hydrogen-bond acceptors (Lipinski definition) is 6. The van der Waals surface area contributed by atoms with Crippen LogP contribution in [0.2, 0.25) is 0 Å². The summed E-state index contributed by atoms with van der Waals surface area (Å²) in [6.07, 6.45) is 2.95. The van der Waals surface area contributed by atoms with E-state index in [1.165, 1.54) is 12.1 Å². The first-order valence-electron chi connectivity index (χ1n) is 6.84. The Bertz CT molecular complexity index is 461. The smallest absolute Gasteiger partial charge is 0.278 e. The Kier molecular flexibility index (Phi) is 5.11. The van der Waals surface area contributed by atoms with Crippen LogP contribution in [0.1, 0.15) is 26.2 Å². The third-order valence-electron chi connectivity index (χ3n) is 2.99. The van der Waals surface area contributed by atoms with Gasteiger partial charge in [0.1, 0.15) is 12.4 Å². The topological polar surface area (TPSA) is 86.5 Å². The second-order valence-electron chi connectivity index (χ2n) is 4.68. The van der Waals surface area contributed by atoms with Gasteiger partial charge in [0.15, 0.2) is 0 Å². The zero-order chi connectivity index (χ0) is 14.4. The van der Waals surface area contributed by atoms with Gasteiger partial charge in [-0.05, 0) is 19.3 Å². The summed E-state index contributed by atoms with van der Waals surface area (Å²) >= 11 is 0. The van der Waals surface area contributed by atoms with Gasteiger partial charge >= 0.3 is 0 Å². The van der Waals surface area contributed by atoms with Crippen LogP contribution in [0.25, 0.3) is 0 Å². The molecule has 0 radical (unpaired) electrons. The summed E-state index contributed by atoms with van der Waals surface area (Å²) in [5, 5.41) is 13.9. The molecule has 2 rings (SSSR count). The van der Waals surface area contributed by atoms with Crippen LogP contribution in [-0.2, 0) is 4.74 Å². The number of pyridine rings is 1. The average Bonchev–Trinajstić information content (AvgIpc) is 2.96. The fraction of sp³-hybridized carbons (Fsp3) is 0.615. The highest BCUT2D eigenvalue weighted by atomic mass is 16.6. The second-order valence-corrected chi connectivity index (χ2v) is 4.68. The van der Waals surface area contributed by atoms with Gasteiger partial charge in [-0.15, -0.1) is 0 Å². The van der Waals surface area contributed by atoms with Gasteiger partial charge in [0, 0.05) is 13.2 Å². The summed E-state index contributed by atoms with van der Waals surface area (Å²) in [7, 11) is 0. The number of nitro groups is 1. The molecular weight excluding hydrogens is 262 g/mol. The zero-order valence-corrected chi connectivity index (χ0v) is 11.5. The van der Waals surface area contributed by atoms with Gasteiger partial charge in [0.25, 0.3) is 5.69 Å². The number of ether oxygens (including phenoxy) is 2. The Hall–Kier alpha value is -1.89. The van der Waals surface area contributed by atoms with Gasteiger partial charge in [-0.3, -0.25) is 10.1 Å². The van der Waals surface area contributed by atoms with E-state index in [0.717, 1.165) is 25.9 Å². The van der Waals surface area contributed by atoms with Crippen LogP contribution < -0.4 is 10.1 Å². The molecule has 0 aliphatic carbocycles. The minimum atomic E-state index is -0.447. The lowest BCUT2D eigenvalue weighted by Gasteiger charge is -2.12. The van der Waals surface area contributed by atoms with Crippen molar-refractivity contribution in [2.45, 2.75) is 32.3 Å². The van der Waals surface area contributed by atoms with Gasteiger partial charge < -0.3 is 14.8 Å². The standard InChI is InChI=1S/C13H19N3O4/c1-2-5-14-12-7-10(16(17)18)8-13(15-12)20-9-11-4-3-6-19-11/h7-8,11H,2-6,9H2,1H3,(H,14,15). The summed E-state index contributed by atoms with van der Waals surface area (Å²) in [6, 6.07) is 2.75. The van der Waals surface area contributed by atoms with Crippen LogP contribution >= 0.6 is 0 Å². The number of hydrogen-bond donors (Lipinski definition) is 1. The van der Waals surface area contributed by atoms with Gasteiger partial charge in [-0.1, -0.05) is 6.92 Å². The fourth-order valence-electron chi connectivity index (χ4n) is 1.97. The second kappa shape index (κ2) is 7.04. The highest BCUT2D eigenvalue weighted by Gasteiger charge is 2.18. The van der Waals surface area contributed by atoms with E-state index < -0.39 is 4.92 Å². The summed E-state index contributed by atoms with van der Waals surface area (Å²) < 4.78 is 11.0. The maximum Gasteiger partial charge on any atom is 0.278 e. The van der Waals surface area contributed by atoms with Crippen LogP contribution in [0.5, 0.6) is 5.88 Å². The van der Waals surface area contributed by atoms with Crippen molar-refractivity contribution in [1.29, 1.82) is 0 Å². The average molecular weight is 281 g/mol. The molecule has 0 saturated carbocycles. The van der Waals surface area contributed by atoms with E-state index in [4.69, 9.17) is 9.47 Å². The van der Waals surface area contributed by atoms with E-state index in [1.807, 2.05) is 6.92 Å². The monoisotopic (exact) mass is 281 g/mol. The molecule has 7 nitrogen and oxygen atoms in total. The quantitative estimate of drug-likeness (QED) is 0.610. The van der Waals surface area contributed by atoms with Crippen LogP contribution in [0.4, 0.5) is 11.5 Å². The molecule has 1 aliphatic rings. The van der Waals surface area contributed by atoms with E-state index in [2.05, 4.69) is 10.3 Å². The Balaban J connectivity index is 2.04. The molecule has 1 unspecified atom stereocenters. The largest absolute Gasteiger partial charge is 0.475 e. The number of nitrogens with one attached hydrogen (secondary N) is 1. The molecule has 1 saturated heterocycles. The SMILES string of the molecule is CCCNc1cc([N+](=O)[O-])cc(OCC2CCCO2)n1. The molecule has 1 atom stereocenters. The van der Waals surface area contributed by atoms with Crippen molar-refractivity contribution in [3.63, 3.8) is 0 Å². The van der Waals surface area contributed by atoms with E-state index >= 15 is 0 Å². The van der Waals surface area contributed by atoms with Crippen LogP contribution in [0.15, 0.2) is 12.1 Å². The Morgan fingerprint density at radius 2 is 2.45 bits per heavy atom. The molecule has 0 aromatic carbocycles. The van der Waals surface area contributed by atoms with Crippen LogP contribution in [0.3, 0.4) is 0 Å². The molecule has 0 bridgehead atoms. The molecule has 1 N–H and O–H groups in total. The molecular formula is C13H19N3O4. The number of rotatable bonds is 7. The van der Waals surface area contributed by atoms with Gasteiger partial charge in [0.05, 0.1) is 23.2 Å². The van der Waals surface area contributed by atoms with Crippen molar-refractivity contribution in [3.8, 4) is 5.88 Å². The molecule has 7 heteroatoms. The first-order chi connectivity index (χ1) is 9.69. The minimum absolute atomic E-state index is 0.0269. The van der Waals surface area contributed by atoms with Crippen molar-refractivity contribution in [3.05, 3.63) is 22.2 Å². The molecule has 0 spiro atoms. The third-order valence-corrected chi connectivity index (χ3v) is 2.99. The number of aromatic nitrogens is 1. The molecule has 1 fully saturated rings. The first kappa shape index (κ1) is 14.5. The third kappa shape index (κ3) is 4.06. The summed E-state index contributed by atoms with van der Waals surface area (Å²) in [5.41, 5.74) is -0.0269. The Morgan fingerprint density at radius 1 is 1.60 bits per heavy atom. The van der Waals surface area contributed by atoms with Crippen molar-refractivity contribution in [2.24, 2.45) is 0 Å². The Morgan fingerprint density at radius 3 is 3.10 bits per heavy atom. The molecule has 0 amide bonds. The minimum Gasteiger partial charge on any atom is -0.475 e. The van der Waals surface area contributed by atoms with Gasteiger partial charge in [0.2, 0.25) is 5.88 Å². The van der Waals surface area contributed by atoms with E-state index in [-0.39, 0.29) is 17.7 Å². The number of anilines is 1. The highest BCUT2D eigenvalue weighted by Crippen LogP contribution is 2.23. The van der Waals surface area contributed by atoms with Gasteiger partial charge in [-0.2, -0.15) is 4.98 Å². The highest BCUT2D eigenvalue weighted by molar-refractivity contribution is 5.48. The molecule has 110 valence electrons. The van der Waals surface area contributed by atoms with Crippen LogP contribution in [-0.4, -0.2) is 35.8 Å². The Labute approximate surface area is 117 Å². The first-order valence-corrected chi connectivity index (χ1v) is 6.84. The maximum absolute atomic E-state index is 10.9. The predicted molar refractivity (Wildman–Crippen MR) is 74.1 cm³/mol.